The standard InChI is InChI=1S/C19H28O4/c1-5-8-17(20)13-16(4)15(12-18(17,21)14(2)3)7-6-9-19(16)22-10-11-23-19/h5,12,20-21H,1-2,6-11,13H2,3-4H3/t16-,17?,18?/m0/s1. The average Bonchev–Trinajstić information content (AvgIpc) is 2.93. The van der Waals surface area contributed by atoms with Gasteiger partial charge in [0.25, 0.3) is 0 Å². The highest BCUT2D eigenvalue weighted by molar-refractivity contribution is 5.40. The summed E-state index contributed by atoms with van der Waals surface area (Å²) in [6.07, 6.45) is 6.76. The second-order valence-corrected chi connectivity index (χ2v) is 7.55. The van der Waals surface area contributed by atoms with E-state index in [1.54, 1.807) is 13.0 Å². The molecule has 0 amide bonds. The minimum absolute atomic E-state index is 0.284. The Bertz CT molecular complexity index is 560. The average molecular weight is 320 g/mol. The molecule has 1 aliphatic heterocycles. The van der Waals surface area contributed by atoms with Crippen LogP contribution in [0.4, 0.5) is 0 Å². The van der Waals surface area contributed by atoms with Crippen molar-refractivity contribution >= 4 is 0 Å². The summed E-state index contributed by atoms with van der Waals surface area (Å²) >= 11 is 0. The lowest BCUT2D eigenvalue weighted by Gasteiger charge is -2.58. The highest BCUT2D eigenvalue weighted by atomic mass is 16.7. The van der Waals surface area contributed by atoms with E-state index >= 15 is 0 Å². The largest absolute Gasteiger partial charge is 0.386 e. The molecule has 3 atom stereocenters. The smallest absolute Gasteiger partial charge is 0.177 e. The zero-order chi connectivity index (χ0) is 16.9. The highest BCUT2D eigenvalue weighted by Crippen LogP contribution is 2.61. The summed E-state index contributed by atoms with van der Waals surface area (Å²) in [5.41, 5.74) is -1.62. The number of fused-ring (bicyclic) bond motifs is 2. The quantitative estimate of drug-likeness (QED) is 0.785. The summed E-state index contributed by atoms with van der Waals surface area (Å²) in [7, 11) is 0. The van der Waals surface area contributed by atoms with E-state index in [1.807, 2.05) is 6.08 Å². The number of hydrogen-bond donors (Lipinski definition) is 2. The van der Waals surface area contributed by atoms with Crippen molar-refractivity contribution in [3.63, 3.8) is 0 Å². The number of aliphatic hydroxyl groups is 2. The maximum atomic E-state index is 11.4. The molecule has 1 saturated carbocycles. The molecule has 4 nitrogen and oxygen atoms in total. The molecule has 4 heteroatoms. The van der Waals surface area contributed by atoms with E-state index in [9.17, 15) is 10.2 Å². The third kappa shape index (κ3) is 2.12. The van der Waals surface area contributed by atoms with Crippen LogP contribution in [0.25, 0.3) is 0 Å². The summed E-state index contributed by atoms with van der Waals surface area (Å²) in [6.45, 7) is 12.7. The van der Waals surface area contributed by atoms with Crippen LogP contribution in [0.5, 0.6) is 0 Å². The predicted molar refractivity (Wildman–Crippen MR) is 88.8 cm³/mol. The van der Waals surface area contributed by atoms with Gasteiger partial charge in [0.2, 0.25) is 0 Å². The van der Waals surface area contributed by atoms with Gasteiger partial charge in [0.1, 0.15) is 11.2 Å². The first-order valence-electron chi connectivity index (χ1n) is 8.45. The van der Waals surface area contributed by atoms with Gasteiger partial charge in [-0.15, -0.1) is 6.58 Å². The van der Waals surface area contributed by atoms with Gasteiger partial charge in [0.05, 0.1) is 13.2 Å². The van der Waals surface area contributed by atoms with Crippen LogP contribution in [0.1, 0.15) is 46.0 Å². The Balaban J connectivity index is 2.15. The first-order chi connectivity index (χ1) is 10.7. The zero-order valence-corrected chi connectivity index (χ0v) is 14.2. The van der Waals surface area contributed by atoms with Gasteiger partial charge in [-0.05, 0) is 44.3 Å². The lowest BCUT2D eigenvalue weighted by molar-refractivity contribution is -0.260. The lowest BCUT2D eigenvalue weighted by Crippen LogP contribution is -2.64. The molecule has 1 saturated heterocycles. The molecule has 128 valence electrons. The van der Waals surface area contributed by atoms with Crippen LogP contribution in [0.15, 0.2) is 36.5 Å². The van der Waals surface area contributed by atoms with Crippen molar-refractivity contribution in [2.24, 2.45) is 5.41 Å². The number of ether oxygens (including phenoxy) is 2. The van der Waals surface area contributed by atoms with Gasteiger partial charge in [0.15, 0.2) is 5.79 Å². The normalized spacial score (nSPS) is 42.2. The first kappa shape index (κ1) is 16.9. The fraction of sp³-hybridized carbons (Fsp3) is 0.684. The van der Waals surface area contributed by atoms with Gasteiger partial charge in [-0.3, -0.25) is 0 Å². The monoisotopic (exact) mass is 320 g/mol. The SMILES string of the molecule is C=CCC1(O)C[C@@]2(C)C(=CC1(O)C(=C)C)CCCC21OCCO1. The highest BCUT2D eigenvalue weighted by Gasteiger charge is 2.65. The minimum atomic E-state index is -1.45. The van der Waals surface area contributed by atoms with Gasteiger partial charge in [-0.2, -0.15) is 0 Å². The number of hydrogen-bond acceptors (Lipinski definition) is 4. The predicted octanol–water partition coefficient (Wildman–Crippen LogP) is 2.86. The molecule has 0 aromatic rings. The molecule has 0 bridgehead atoms. The van der Waals surface area contributed by atoms with Crippen LogP contribution in [0.2, 0.25) is 0 Å². The molecule has 2 fully saturated rings. The molecule has 0 aromatic carbocycles. The van der Waals surface area contributed by atoms with Crippen LogP contribution in [0, 0.1) is 5.41 Å². The molecule has 1 heterocycles. The van der Waals surface area contributed by atoms with Gasteiger partial charge in [-0.1, -0.05) is 25.2 Å². The van der Waals surface area contributed by atoms with Gasteiger partial charge in [0, 0.05) is 11.8 Å². The van der Waals surface area contributed by atoms with Crippen LogP contribution >= 0.6 is 0 Å². The van der Waals surface area contributed by atoms with Crippen molar-refractivity contribution < 1.29 is 19.7 Å². The summed E-state index contributed by atoms with van der Waals surface area (Å²) in [4.78, 5) is 0. The van der Waals surface area contributed by atoms with E-state index in [4.69, 9.17) is 9.47 Å². The molecule has 1 spiro atoms. The molecular formula is C19H28O4. The lowest BCUT2D eigenvalue weighted by atomic mass is 9.53. The van der Waals surface area contributed by atoms with Crippen molar-refractivity contribution in [3.05, 3.63) is 36.5 Å². The third-order valence-corrected chi connectivity index (χ3v) is 6.13. The van der Waals surface area contributed by atoms with Crippen LogP contribution in [0.3, 0.4) is 0 Å². The Kier molecular flexibility index (Phi) is 3.88. The van der Waals surface area contributed by atoms with E-state index in [-0.39, 0.29) is 6.42 Å². The Hall–Kier alpha value is -0.940. The maximum absolute atomic E-state index is 11.4. The van der Waals surface area contributed by atoms with Crippen LogP contribution in [-0.2, 0) is 9.47 Å². The van der Waals surface area contributed by atoms with E-state index in [1.165, 1.54) is 0 Å². The molecule has 2 N–H and O–H groups in total. The van der Waals surface area contributed by atoms with Gasteiger partial charge in [-0.25, -0.2) is 0 Å². The molecule has 0 radical (unpaired) electrons. The van der Waals surface area contributed by atoms with Crippen molar-refractivity contribution in [2.75, 3.05) is 13.2 Å². The molecule has 0 aromatic heterocycles. The van der Waals surface area contributed by atoms with E-state index in [2.05, 4.69) is 20.1 Å². The summed E-state index contributed by atoms with van der Waals surface area (Å²) in [5.74, 6) is -0.692. The maximum Gasteiger partial charge on any atom is 0.177 e. The molecule has 2 unspecified atom stereocenters. The molecule has 3 aliphatic rings. The summed E-state index contributed by atoms with van der Waals surface area (Å²) in [5, 5.41) is 22.6. The number of rotatable bonds is 3. The van der Waals surface area contributed by atoms with Crippen LogP contribution < -0.4 is 0 Å². The Labute approximate surface area is 138 Å². The molecule has 2 aliphatic carbocycles. The summed E-state index contributed by atoms with van der Waals surface area (Å²) in [6, 6.07) is 0. The first-order valence-corrected chi connectivity index (χ1v) is 8.45. The zero-order valence-electron chi connectivity index (χ0n) is 14.2. The van der Waals surface area contributed by atoms with E-state index in [0.29, 0.717) is 25.2 Å². The van der Waals surface area contributed by atoms with Gasteiger partial charge < -0.3 is 19.7 Å². The van der Waals surface area contributed by atoms with Crippen molar-refractivity contribution in [2.45, 2.75) is 62.9 Å². The van der Waals surface area contributed by atoms with Crippen molar-refractivity contribution in [1.29, 1.82) is 0 Å². The molecular weight excluding hydrogens is 292 g/mol. The fourth-order valence-corrected chi connectivity index (χ4v) is 4.80. The second-order valence-electron chi connectivity index (χ2n) is 7.55. The summed E-state index contributed by atoms with van der Waals surface area (Å²) < 4.78 is 12.1. The van der Waals surface area contributed by atoms with Crippen LogP contribution in [-0.4, -0.2) is 40.4 Å². The topological polar surface area (TPSA) is 58.9 Å². The van der Waals surface area contributed by atoms with Crippen molar-refractivity contribution in [3.8, 4) is 0 Å². The van der Waals surface area contributed by atoms with E-state index < -0.39 is 22.4 Å². The Morgan fingerprint density at radius 1 is 1.35 bits per heavy atom. The Morgan fingerprint density at radius 3 is 2.57 bits per heavy atom. The Morgan fingerprint density at radius 2 is 2.00 bits per heavy atom. The van der Waals surface area contributed by atoms with Gasteiger partial charge >= 0.3 is 0 Å². The van der Waals surface area contributed by atoms with E-state index in [0.717, 1.165) is 24.8 Å². The fourth-order valence-electron chi connectivity index (χ4n) is 4.80. The second kappa shape index (κ2) is 5.28. The molecule has 3 rings (SSSR count). The molecule has 23 heavy (non-hydrogen) atoms. The third-order valence-electron chi connectivity index (χ3n) is 6.13. The van der Waals surface area contributed by atoms with Crippen molar-refractivity contribution in [1.82, 2.24) is 0 Å². The minimum Gasteiger partial charge on any atom is -0.386 e.